The van der Waals surface area contributed by atoms with Crippen molar-refractivity contribution < 1.29 is 105 Å². The van der Waals surface area contributed by atoms with E-state index in [1.807, 2.05) is 0 Å². The number of amides is 12. The molecule has 3 fully saturated rings. The van der Waals surface area contributed by atoms with E-state index >= 15 is 0 Å². The first kappa shape index (κ1) is 101. The summed E-state index contributed by atoms with van der Waals surface area (Å²) < 4.78 is 26.9. The topological polar surface area (TPSA) is 481 Å². The molecule has 0 aliphatic carbocycles. The summed E-state index contributed by atoms with van der Waals surface area (Å²) in [5.74, 6) is -9.98. The molecule has 113 heavy (non-hydrogen) atoms. The maximum absolute atomic E-state index is 13.4. The lowest BCUT2D eigenvalue weighted by Gasteiger charge is -2.27. The lowest BCUT2D eigenvalue weighted by molar-refractivity contribution is -0.156. The second-order valence-corrected chi connectivity index (χ2v) is 33.8. The van der Waals surface area contributed by atoms with Crippen molar-refractivity contribution in [3.05, 3.63) is 36.5 Å². The van der Waals surface area contributed by atoms with Crippen LogP contribution in [-0.2, 0) is 105 Å². The molecule has 4 rings (SSSR count). The highest BCUT2D eigenvalue weighted by Crippen LogP contribution is 2.25. The number of carbonyl (C=O) groups is 17. The van der Waals surface area contributed by atoms with Gasteiger partial charge in [-0.25, -0.2) is 4.79 Å². The molecule has 0 spiro atoms. The lowest BCUT2D eigenvalue weighted by Crippen LogP contribution is -2.59. The van der Waals surface area contributed by atoms with Crippen LogP contribution in [0.1, 0.15) is 161 Å². The predicted octanol–water partition coefficient (Wildman–Crippen LogP) is 1.19. The molecule has 2 bridgehead atoms. The molecular formula is C73H116N12O22S6. The Labute approximate surface area is 690 Å². The van der Waals surface area contributed by atoms with Gasteiger partial charge in [-0.05, 0) is 135 Å². The second-order valence-electron chi connectivity index (χ2n) is 29.5. The number of esters is 5. The Morgan fingerprint density at radius 3 is 1.35 bits per heavy atom. The monoisotopic (exact) mass is 1700 g/mol. The maximum atomic E-state index is 13.4. The van der Waals surface area contributed by atoms with Crippen LogP contribution < -0.4 is 63.8 Å². The van der Waals surface area contributed by atoms with Gasteiger partial charge in [0.25, 0.3) is 0 Å². The summed E-state index contributed by atoms with van der Waals surface area (Å²) in [5.41, 5.74) is -1.47. The van der Waals surface area contributed by atoms with E-state index in [9.17, 15) is 81.5 Å². The van der Waals surface area contributed by atoms with Gasteiger partial charge in [-0.15, -0.1) is 0 Å². The number of carbonyl (C=O) groups excluding carboxylic acids is 17. The molecule has 40 heteroatoms. The molecule has 0 saturated carbocycles. The van der Waals surface area contributed by atoms with E-state index in [1.165, 1.54) is 41.5 Å². The van der Waals surface area contributed by atoms with E-state index in [-0.39, 0.29) is 80.0 Å². The third kappa shape index (κ3) is 41.4. The minimum atomic E-state index is -1.22. The number of thiol groups is 4. The first-order valence-electron chi connectivity index (χ1n) is 37.2. The van der Waals surface area contributed by atoms with Gasteiger partial charge in [-0.1, -0.05) is 81.4 Å². The van der Waals surface area contributed by atoms with Crippen molar-refractivity contribution in [1.82, 2.24) is 63.8 Å². The summed E-state index contributed by atoms with van der Waals surface area (Å²) in [7, 11) is 2.87. The van der Waals surface area contributed by atoms with Crippen molar-refractivity contribution in [3.8, 4) is 0 Å². The number of hydrogen-bond acceptors (Lipinski definition) is 28. The summed E-state index contributed by atoms with van der Waals surface area (Å²) in [5, 5.41) is 30.8. The molecule has 34 nitrogen and oxygen atoms in total. The molecule has 12 N–H and O–H groups in total. The maximum Gasteiger partial charge on any atom is 0.328 e. The molecule has 0 radical (unpaired) electrons. The van der Waals surface area contributed by atoms with Crippen LogP contribution in [0.3, 0.4) is 0 Å². The Balaban J connectivity index is 0.000000578. The second kappa shape index (κ2) is 52.0. The van der Waals surface area contributed by atoms with Crippen LogP contribution in [0.4, 0.5) is 0 Å². The molecule has 4 heterocycles. The van der Waals surface area contributed by atoms with E-state index in [1.54, 1.807) is 113 Å². The molecule has 12 amide bonds. The molecule has 0 aromatic carbocycles. The van der Waals surface area contributed by atoms with Crippen LogP contribution in [0.2, 0.25) is 0 Å². The molecule has 0 aromatic rings. The van der Waals surface area contributed by atoms with Crippen LogP contribution in [0, 0.1) is 17.8 Å². The number of allylic oxidation sites excluding steroid dienone is 3. The number of hydrogen-bond donors (Lipinski definition) is 16. The van der Waals surface area contributed by atoms with Crippen molar-refractivity contribution in [1.29, 1.82) is 0 Å². The Morgan fingerprint density at radius 2 is 0.894 bits per heavy atom. The van der Waals surface area contributed by atoms with Crippen LogP contribution in [0.5, 0.6) is 0 Å². The lowest BCUT2D eigenvalue weighted by atomic mass is 10.0. The summed E-state index contributed by atoms with van der Waals surface area (Å²) in [6.07, 6.45) is 7.47. The Morgan fingerprint density at radius 1 is 0.478 bits per heavy atom. The quantitative estimate of drug-likeness (QED) is 0.0320. The zero-order chi connectivity index (χ0) is 85.5. The van der Waals surface area contributed by atoms with E-state index < -0.39 is 204 Å². The van der Waals surface area contributed by atoms with Crippen molar-refractivity contribution in [3.63, 3.8) is 0 Å². The van der Waals surface area contributed by atoms with Gasteiger partial charge in [0.2, 0.25) is 70.9 Å². The standard InChI is InChI=1S/C26H40N4O8S2.C26H42N4O8S2.C21H34N4O6S2/c1-15(2)22-25(36)27-13-21(33)37-16-8-6-7-11-39-40-14-18(24(35)30-22)29-23(34)17(28-19(31)12-16)9-10-20(32)38-26(3,4)5;1-15(2)22-25(36)27-13-21(33)37-16(8-6-7-11-39)12-19(31)28-17(9-10-20(32)38-26(3,4)5)23(34)29-18(14-40)24(35)30-22;1-11(2)17-20(29)23-13(4)21(30)31-14(7-5-6-8-32)9-16(26)22-12(3)18(27)24-15(10-33)19(28)25-17/h6,8,15-18,22H,7,9-14H2,1-5H3,(H,27,36)(H,28,31)(H,29,34)(H,30,35);6,8,15-18,22,39-40H,7,9-14H2,1-5H3,(H,27,36)(H,28,31)(H,29,34)(H,30,35);5,7,11-15,17,32-33H,6,8-10H2,1-4H3,(H,22,26)(H,23,29)(H,24,27)(H,25,28)/b2*8-6+;7-5+/t2*16-,17-,18-,22-;12-,13-,14-,15-,17-/m111/s1. The Bertz CT molecular complexity index is 3370. The van der Waals surface area contributed by atoms with E-state index in [0.717, 1.165) is 0 Å². The summed E-state index contributed by atoms with van der Waals surface area (Å²) in [6, 6.07) is -10.5. The molecule has 4 aliphatic heterocycles. The third-order valence-corrected chi connectivity index (χ3v) is 19.7. The summed E-state index contributed by atoms with van der Waals surface area (Å²) >= 11 is 16.5. The SMILES string of the molecule is CC(C)[C@H]1NC(=O)[C@@H](CS)NC(=O)[C@@H](C)NC(=O)C[C@@H](/C=C/CCS)OC(=O)[C@@H](C)NC1=O.CC(C)[C@H]1NC(=O)[C@@H](CS)NC(=O)[C@@H](CCC(=O)OC(C)(C)C)NC(=O)C[C@@H](/C=C/CCS)OC(=O)CNC1=O.CC(C)[C@H]1NC(=O)[C@H]2CSSCC/C=C/[C@H](CC(=O)N[C@H](CCC(=O)OC(C)(C)C)C(=O)N2)OC(=O)CNC1=O. The minimum absolute atomic E-state index is 0.0224. The molecule has 3 saturated heterocycles. The molecule has 636 valence electrons. The van der Waals surface area contributed by atoms with Crippen molar-refractivity contribution in [2.24, 2.45) is 17.8 Å². The molecular weight excluding hydrogens is 1590 g/mol. The van der Waals surface area contributed by atoms with E-state index in [0.29, 0.717) is 36.5 Å². The summed E-state index contributed by atoms with van der Waals surface area (Å²) in [6.45, 7) is 22.6. The normalized spacial score (nSPS) is 26.5. The van der Waals surface area contributed by atoms with Crippen LogP contribution in [-0.4, -0.2) is 238 Å². The number of rotatable bonds is 17. The Hall–Kier alpha value is -7.69. The third-order valence-electron chi connectivity index (χ3n) is 16.0. The van der Waals surface area contributed by atoms with E-state index in [4.69, 9.17) is 23.7 Å². The first-order chi connectivity index (χ1) is 52.9. The number of nitrogens with one attached hydrogen (secondary N) is 12. The van der Waals surface area contributed by atoms with Gasteiger partial charge in [0, 0.05) is 35.9 Å². The van der Waals surface area contributed by atoms with Crippen molar-refractivity contribution in [2.45, 2.75) is 251 Å². The van der Waals surface area contributed by atoms with Gasteiger partial charge in [0.05, 0.1) is 19.3 Å². The molecule has 4 aliphatic rings. The predicted molar refractivity (Wildman–Crippen MR) is 436 cm³/mol. The van der Waals surface area contributed by atoms with Gasteiger partial charge < -0.3 is 87.5 Å². The minimum Gasteiger partial charge on any atom is -0.460 e. The van der Waals surface area contributed by atoms with Gasteiger partial charge in [-0.3, -0.25) is 76.7 Å². The zero-order valence-corrected chi connectivity index (χ0v) is 71.7. The Kier molecular flexibility index (Phi) is 46.7. The average molecular weight is 1710 g/mol. The smallest absolute Gasteiger partial charge is 0.328 e. The fourth-order valence-corrected chi connectivity index (χ4v) is 13.2. The van der Waals surface area contributed by atoms with Crippen LogP contribution >= 0.6 is 72.1 Å². The zero-order valence-electron chi connectivity index (χ0n) is 66.5. The van der Waals surface area contributed by atoms with Gasteiger partial charge in [-0.2, -0.15) is 50.5 Å². The highest BCUT2D eigenvalue weighted by molar-refractivity contribution is 8.76. The average Bonchev–Trinajstić information content (AvgIpc) is 0.882. The highest BCUT2D eigenvalue weighted by atomic mass is 33.1. The molecule has 0 aromatic heterocycles. The van der Waals surface area contributed by atoms with E-state index in [2.05, 4.69) is 114 Å². The van der Waals surface area contributed by atoms with Crippen molar-refractivity contribution >= 4 is 173 Å². The van der Waals surface area contributed by atoms with Crippen LogP contribution in [0.25, 0.3) is 0 Å². The van der Waals surface area contributed by atoms with Gasteiger partial charge >= 0.3 is 29.8 Å². The fraction of sp³-hybridized carbons (Fsp3) is 0.685. The number of cyclic esters (lactones) is 2. The molecule has 13 atom stereocenters. The highest BCUT2D eigenvalue weighted by Gasteiger charge is 2.38. The molecule has 0 unspecified atom stereocenters. The van der Waals surface area contributed by atoms with Crippen molar-refractivity contribution in [2.75, 3.05) is 47.6 Å². The first-order valence-corrected chi connectivity index (χ1v) is 42.2. The summed E-state index contributed by atoms with van der Waals surface area (Å²) in [4.78, 5) is 217. The van der Waals surface area contributed by atoms with Gasteiger partial charge in [0.1, 0.15) is 103 Å². The number of fused-ring (bicyclic) bond motifs is 7. The van der Waals surface area contributed by atoms with Crippen LogP contribution in [0.15, 0.2) is 36.5 Å². The number of ether oxygens (including phenoxy) is 5. The largest absolute Gasteiger partial charge is 0.460 e. The fourth-order valence-electron chi connectivity index (χ4n) is 10.3. The van der Waals surface area contributed by atoms with Gasteiger partial charge in [0.15, 0.2) is 0 Å².